The van der Waals surface area contributed by atoms with Gasteiger partial charge in [-0.15, -0.1) is 11.3 Å². The SMILES string of the molecule is O=S(=O)(Nc1ccc2c(c1)N(S(=O)(=O)c1cccs1)CCC2)c1cc(F)ccc1F. The van der Waals surface area contributed by atoms with E-state index in [2.05, 4.69) is 4.72 Å². The molecule has 11 heteroatoms. The van der Waals surface area contributed by atoms with Gasteiger partial charge in [0, 0.05) is 6.54 Å². The van der Waals surface area contributed by atoms with Crippen LogP contribution in [0, 0.1) is 11.6 Å². The molecule has 0 aliphatic carbocycles. The summed E-state index contributed by atoms with van der Waals surface area (Å²) >= 11 is 1.09. The van der Waals surface area contributed by atoms with Gasteiger partial charge in [0.25, 0.3) is 20.0 Å². The molecule has 0 radical (unpaired) electrons. The van der Waals surface area contributed by atoms with E-state index in [-0.39, 0.29) is 16.4 Å². The summed E-state index contributed by atoms with van der Waals surface area (Å²) in [4.78, 5) is -0.830. The zero-order valence-electron chi connectivity index (χ0n) is 15.4. The molecule has 0 saturated carbocycles. The van der Waals surface area contributed by atoms with Gasteiger partial charge in [-0.05, 0) is 60.2 Å². The number of nitrogens with one attached hydrogen (secondary N) is 1. The first-order chi connectivity index (χ1) is 14.2. The van der Waals surface area contributed by atoms with Gasteiger partial charge in [-0.25, -0.2) is 25.6 Å². The Morgan fingerprint density at radius 2 is 1.80 bits per heavy atom. The number of thiophene rings is 1. The summed E-state index contributed by atoms with van der Waals surface area (Å²) in [5, 5.41) is 1.66. The van der Waals surface area contributed by atoms with Crippen molar-refractivity contribution in [2.45, 2.75) is 21.9 Å². The third-order valence-corrected chi connectivity index (χ3v) is 9.22. The van der Waals surface area contributed by atoms with Gasteiger partial charge in [0.05, 0.1) is 11.4 Å². The third kappa shape index (κ3) is 3.80. The van der Waals surface area contributed by atoms with Crippen LogP contribution < -0.4 is 9.03 Å². The Labute approximate surface area is 176 Å². The van der Waals surface area contributed by atoms with E-state index in [1.807, 2.05) is 0 Å². The Morgan fingerprint density at radius 3 is 2.53 bits per heavy atom. The fraction of sp³-hybridized carbons (Fsp3) is 0.158. The van der Waals surface area contributed by atoms with Crippen LogP contribution in [0.5, 0.6) is 0 Å². The van der Waals surface area contributed by atoms with Crippen LogP contribution in [0.3, 0.4) is 0 Å². The monoisotopic (exact) mass is 470 g/mol. The molecule has 0 bridgehead atoms. The molecule has 6 nitrogen and oxygen atoms in total. The van der Waals surface area contributed by atoms with Crippen LogP contribution in [0.4, 0.5) is 20.2 Å². The number of hydrogen-bond donors (Lipinski definition) is 1. The van der Waals surface area contributed by atoms with E-state index < -0.39 is 36.6 Å². The van der Waals surface area contributed by atoms with Gasteiger partial charge >= 0.3 is 0 Å². The van der Waals surface area contributed by atoms with Gasteiger partial charge < -0.3 is 0 Å². The highest BCUT2D eigenvalue weighted by molar-refractivity contribution is 7.94. The summed E-state index contributed by atoms with van der Waals surface area (Å²) in [6.07, 6.45) is 1.26. The lowest BCUT2D eigenvalue weighted by Crippen LogP contribution is -2.35. The maximum absolute atomic E-state index is 13.9. The van der Waals surface area contributed by atoms with Crippen LogP contribution in [-0.2, 0) is 26.5 Å². The first-order valence-electron chi connectivity index (χ1n) is 8.85. The van der Waals surface area contributed by atoms with E-state index in [4.69, 9.17) is 0 Å². The quantitative estimate of drug-likeness (QED) is 0.612. The average molecular weight is 471 g/mol. The minimum atomic E-state index is -4.42. The maximum Gasteiger partial charge on any atom is 0.273 e. The van der Waals surface area contributed by atoms with Crippen molar-refractivity contribution in [3.8, 4) is 0 Å². The minimum Gasteiger partial charge on any atom is -0.279 e. The predicted octanol–water partition coefficient (Wildman–Crippen LogP) is 3.97. The van der Waals surface area contributed by atoms with E-state index >= 15 is 0 Å². The van der Waals surface area contributed by atoms with Gasteiger partial charge in [0.2, 0.25) is 0 Å². The number of rotatable bonds is 5. The molecule has 30 heavy (non-hydrogen) atoms. The standard InChI is InChI=1S/C19H16F2N2O4S3/c20-14-6-8-16(21)18(11-14)29(24,25)22-15-7-5-13-3-1-9-23(17(13)12-15)30(26,27)19-4-2-10-28-19/h2,4-8,10-12,22H,1,3,9H2. The van der Waals surface area contributed by atoms with E-state index in [0.29, 0.717) is 24.6 Å². The summed E-state index contributed by atoms with van der Waals surface area (Å²) < 4.78 is 82.2. The van der Waals surface area contributed by atoms with Crippen molar-refractivity contribution >= 4 is 42.8 Å². The fourth-order valence-electron chi connectivity index (χ4n) is 3.27. The van der Waals surface area contributed by atoms with Crippen LogP contribution in [0.25, 0.3) is 0 Å². The second kappa shape index (κ2) is 7.64. The van der Waals surface area contributed by atoms with Gasteiger partial charge in [0.15, 0.2) is 0 Å². The summed E-state index contributed by atoms with van der Waals surface area (Å²) in [5.74, 6) is -1.99. The molecule has 2 aromatic carbocycles. The minimum absolute atomic E-state index is 0.0469. The highest BCUT2D eigenvalue weighted by atomic mass is 32.2. The summed E-state index contributed by atoms with van der Waals surface area (Å²) in [6, 6.07) is 9.78. The molecular weight excluding hydrogens is 454 g/mol. The number of aryl methyl sites for hydroxylation is 1. The Hall–Kier alpha value is -2.50. The van der Waals surface area contributed by atoms with Crippen LogP contribution in [0.2, 0.25) is 0 Å². The number of anilines is 2. The first-order valence-corrected chi connectivity index (χ1v) is 12.7. The van der Waals surface area contributed by atoms with E-state index in [1.54, 1.807) is 17.5 Å². The smallest absolute Gasteiger partial charge is 0.273 e. The van der Waals surface area contributed by atoms with Gasteiger partial charge in [-0.1, -0.05) is 12.1 Å². The largest absolute Gasteiger partial charge is 0.279 e. The molecule has 0 unspecified atom stereocenters. The number of hydrogen-bond acceptors (Lipinski definition) is 5. The zero-order valence-corrected chi connectivity index (χ0v) is 17.8. The molecule has 0 spiro atoms. The molecule has 0 atom stereocenters. The summed E-state index contributed by atoms with van der Waals surface area (Å²) in [5.41, 5.74) is 1.15. The lowest BCUT2D eigenvalue weighted by Gasteiger charge is -2.30. The highest BCUT2D eigenvalue weighted by Crippen LogP contribution is 2.35. The first kappa shape index (κ1) is 20.8. The zero-order chi connectivity index (χ0) is 21.5. The van der Waals surface area contributed by atoms with Crippen LogP contribution >= 0.6 is 11.3 Å². The van der Waals surface area contributed by atoms with Crippen molar-refractivity contribution in [3.05, 3.63) is 71.1 Å². The van der Waals surface area contributed by atoms with Gasteiger partial charge in [0.1, 0.15) is 20.7 Å². The third-order valence-electron chi connectivity index (χ3n) is 4.64. The summed E-state index contributed by atoms with van der Waals surface area (Å²) in [6.45, 7) is 0.252. The number of benzene rings is 2. The molecule has 2 heterocycles. The molecule has 3 aromatic rings. The number of nitrogens with zero attached hydrogens (tertiary/aromatic N) is 1. The van der Waals surface area contributed by atoms with Crippen LogP contribution in [0.1, 0.15) is 12.0 Å². The topological polar surface area (TPSA) is 83.6 Å². The van der Waals surface area contributed by atoms with Crippen LogP contribution in [-0.4, -0.2) is 23.4 Å². The van der Waals surface area contributed by atoms with Crippen molar-refractivity contribution in [3.63, 3.8) is 0 Å². The van der Waals surface area contributed by atoms with Crippen molar-refractivity contribution < 1.29 is 25.6 Å². The average Bonchev–Trinajstić information content (AvgIpc) is 3.24. The van der Waals surface area contributed by atoms with E-state index in [1.165, 1.54) is 22.5 Å². The molecule has 1 aliphatic heterocycles. The molecule has 0 fully saturated rings. The lowest BCUT2D eigenvalue weighted by molar-refractivity contribution is 0.555. The normalized spacial score (nSPS) is 14.4. The lowest BCUT2D eigenvalue weighted by atomic mass is 10.0. The van der Waals surface area contributed by atoms with Crippen LogP contribution in [0.15, 0.2) is 63.0 Å². The molecule has 1 aliphatic rings. The highest BCUT2D eigenvalue weighted by Gasteiger charge is 2.30. The Bertz CT molecular complexity index is 1310. The Kier molecular flexibility index (Phi) is 5.28. The van der Waals surface area contributed by atoms with E-state index in [9.17, 15) is 25.6 Å². The molecular formula is C19H16F2N2O4S3. The number of sulfonamides is 2. The molecule has 1 aromatic heterocycles. The van der Waals surface area contributed by atoms with Crippen molar-refractivity contribution in [2.75, 3.05) is 15.6 Å². The second-order valence-electron chi connectivity index (χ2n) is 6.64. The summed E-state index contributed by atoms with van der Waals surface area (Å²) in [7, 11) is -8.21. The molecule has 158 valence electrons. The van der Waals surface area contributed by atoms with Crippen molar-refractivity contribution in [2.24, 2.45) is 0 Å². The molecule has 4 rings (SSSR count). The van der Waals surface area contributed by atoms with Gasteiger partial charge in [-0.3, -0.25) is 9.03 Å². The van der Waals surface area contributed by atoms with Gasteiger partial charge in [-0.2, -0.15) is 0 Å². The number of halogens is 2. The molecule has 1 N–H and O–H groups in total. The Balaban J connectivity index is 1.72. The number of fused-ring (bicyclic) bond motifs is 1. The molecule has 0 amide bonds. The molecule has 0 saturated heterocycles. The predicted molar refractivity (Wildman–Crippen MR) is 111 cm³/mol. The van der Waals surface area contributed by atoms with Crippen molar-refractivity contribution in [1.82, 2.24) is 0 Å². The van der Waals surface area contributed by atoms with E-state index in [0.717, 1.165) is 29.0 Å². The maximum atomic E-state index is 13.9. The van der Waals surface area contributed by atoms with Crippen molar-refractivity contribution in [1.29, 1.82) is 0 Å². The Morgan fingerprint density at radius 1 is 1.00 bits per heavy atom. The fourth-order valence-corrected chi connectivity index (χ4v) is 7.04. The second-order valence-corrected chi connectivity index (χ2v) is 11.3.